The molecule has 0 saturated carbocycles. The van der Waals surface area contributed by atoms with Crippen LogP contribution in [0.1, 0.15) is 19.2 Å². The highest BCUT2D eigenvalue weighted by Gasteiger charge is 2.57. The van der Waals surface area contributed by atoms with Gasteiger partial charge in [-0.25, -0.2) is 4.98 Å². The zero-order valence-corrected chi connectivity index (χ0v) is 9.23. The molecule has 0 fully saturated rings. The van der Waals surface area contributed by atoms with Crippen LogP contribution < -0.4 is 0 Å². The number of hydrogen-bond donors (Lipinski definition) is 2. The first-order valence-electron chi connectivity index (χ1n) is 4.67. The number of imidazole rings is 1. The number of rotatable bonds is 3. The van der Waals surface area contributed by atoms with Gasteiger partial charge in [-0.2, -0.15) is 13.2 Å². The van der Waals surface area contributed by atoms with Crippen molar-refractivity contribution in [3.8, 4) is 0 Å². The second-order valence-electron chi connectivity index (χ2n) is 3.73. The smallest absolute Gasteiger partial charge is 0.411 e. The summed E-state index contributed by atoms with van der Waals surface area (Å²) in [6.45, 7) is 1.18. The second kappa shape index (κ2) is 4.36. The molecule has 1 unspecified atom stereocenters. The van der Waals surface area contributed by atoms with Gasteiger partial charge in [0.05, 0.1) is 5.71 Å². The summed E-state index contributed by atoms with van der Waals surface area (Å²) in [5.74, 6) is -0.548. The fraction of sp³-hybridized carbons (Fsp3) is 0.556. The van der Waals surface area contributed by atoms with Crippen LogP contribution in [-0.2, 0) is 12.6 Å². The Labute approximate surface area is 95.2 Å². The number of halogens is 3. The summed E-state index contributed by atoms with van der Waals surface area (Å²) >= 11 is 0. The van der Waals surface area contributed by atoms with Gasteiger partial charge in [-0.05, 0) is 6.92 Å². The molecule has 5 nitrogen and oxygen atoms in total. The molecule has 0 radical (unpaired) electrons. The number of aromatic nitrogens is 2. The fourth-order valence-electron chi connectivity index (χ4n) is 1.48. The largest absolute Gasteiger partial charge is 0.424 e. The molecule has 1 atom stereocenters. The first-order chi connectivity index (χ1) is 7.72. The molecule has 0 aliphatic rings. The molecule has 2 N–H and O–H groups in total. The van der Waals surface area contributed by atoms with Gasteiger partial charge >= 0.3 is 6.18 Å². The van der Waals surface area contributed by atoms with E-state index in [0.29, 0.717) is 0 Å². The van der Waals surface area contributed by atoms with E-state index in [4.69, 9.17) is 5.21 Å². The van der Waals surface area contributed by atoms with Gasteiger partial charge in [0.1, 0.15) is 5.82 Å². The number of alkyl halides is 3. The van der Waals surface area contributed by atoms with Crippen LogP contribution in [0.5, 0.6) is 0 Å². The zero-order valence-electron chi connectivity index (χ0n) is 9.23. The number of aryl methyl sites for hydroxylation is 1. The van der Waals surface area contributed by atoms with E-state index in [1.807, 2.05) is 0 Å². The standard InChI is InChI=1S/C9H12F3N3O2/c1-6(14-17)5-8(16,9(10,11)12)7-13-3-4-15(7)2/h3-4,16-17H,5H2,1-2H3/b14-6+. The molecule has 17 heavy (non-hydrogen) atoms. The lowest BCUT2D eigenvalue weighted by Gasteiger charge is -2.29. The maximum Gasteiger partial charge on any atom is 0.424 e. The number of oxime groups is 1. The van der Waals surface area contributed by atoms with Crippen molar-refractivity contribution in [2.45, 2.75) is 25.1 Å². The summed E-state index contributed by atoms with van der Waals surface area (Å²) in [4.78, 5) is 3.50. The Kier molecular flexibility index (Phi) is 3.46. The first kappa shape index (κ1) is 13.5. The van der Waals surface area contributed by atoms with E-state index in [1.165, 1.54) is 20.2 Å². The molecular weight excluding hydrogens is 239 g/mol. The molecule has 0 bridgehead atoms. The van der Waals surface area contributed by atoms with Gasteiger partial charge in [-0.15, -0.1) is 0 Å². The van der Waals surface area contributed by atoms with Gasteiger partial charge in [0.25, 0.3) is 0 Å². The third-order valence-corrected chi connectivity index (χ3v) is 2.34. The lowest BCUT2D eigenvalue weighted by atomic mass is 9.95. The molecule has 1 aromatic heterocycles. The van der Waals surface area contributed by atoms with Crippen molar-refractivity contribution in [3.05, 3.63) is 18.2 Å². The minimum Gasteiger partial charge on any atom is -0.411 e. The molecular formula is C9H12F3N3O2. The van der Waals surface area contributed by atoms with Crippen molar-refractivity contribution in [1.82, 2.24) is 9.55 Å². The molecule has 0 aromatic carbocycles. The molecule has 1 rings (SSSR count). The summed E-state index contributed by atoms with van der Waals surface area (Å²) in [6.07, 6.45) is -3.36. The van der Waals surface area contributed by atoms with Crippen molar-refractivity contribution in [3.63, 3.8) is 0 Å². The molecule has 1 aromatic rings. The maximum atomic E-state index is 12.9. The third-order valence-electron chi connectivity index (χ3n) is 2.34. The minimum atomic E-state index is -4.92. The van der Waals surface area contributed by atoms with Crippen LogP contribution in [0.4, 0.5) is 13.2 Å². The van der Waals surface area contributed by atoms with E-state index in [1.54, 1.807) is 0 Å². The molecule has 0 amide bonds. The van der Waals surface area contributed by atoms with E-state index >= 15 is 0 Å². The van der Waals surface area contributed by atoms with E-state index in [2.05, 4.69) is 10.1 Å². The highest BCUT2D eigenvalue weighted by atomic mass is 19.4. The second-order valence-corrected chi connectivity index (χ2v) is 3.73. The number of hydrogen-bond acceptors (Lipinski definition) is 4. The van der Waals surface area contributed by atoms with Crippen molar-refractivity contribution >= 4 is 5.71 Å². The first-order valence-corrected chi connectivity index (χ1v) is 4.67. The molecule has 0 spiro atoms. The van der Waals surface area contributed by atoms with Crippen molar-refractivity contribution in [2.75, 3.05) is 0 Å². The lowest BCUT2D eigenvalue weighted by Crippen LogP contribution is -2.45. The summed E-state index contributed by atoms with van der Waals surface area (Å²) in [6, 6.07) is 0. The van der Waals surface area contributed by atoms with Crippen LogP contribution in [0.15, 0.2) is 17.5 Å². The Morgan fingerprint density at radius 1 is 1.53 bits per heavy atom. The molecule has 96 valence electrons. The predicted molar refractivity (Wildman–Crippen MR) is 52.7 cm³/mol. The van der Waals surface area contributed by atoms with Crippen molar-refractivity contribution in [2.24, 2.45) is 12.2 Å². The number of aliphatic hydroxyl groups is 1. The highest BCUT2D eigenvalue weighted by molar-refractivity contribution is 5.82. The van der Waals surface area contributed by atoms with Gasteiger partial charge < -0.3 is 14.9 Å². The Morgan fingerprint density at radius 2 is 2.12 bits per heavy atom. The SMILES string of the molecule is C/C(CC(O)(c1nccn1C)C(F)(F)F)=N\O. The summed E-state index contributed by atoms with van der Waals surface area (Å²) < 4.78 is 39.8. The average Bonchev–Trinajstić information content (AvgIpc) is 2.62. The molecule has 0 aliphatic carbocycles. The van der Waals surface area contributed by atoms with Crippen LogP contribution in [0.25, 0.3) is 0 Å². The van der Waals surface area contributed by atoms with E-state index < -0.39 is 24.0 Å². The maximum absolute atomic E-state index is 12.9. The Bertz CT molecular complexity index is 427. The van der Waals surface area contributed by atoms with Gasteiger partial charge in [-0.1, -0.05) is 5.16 Å². The minimum absolute atomic E-state index is 0.243. The number of nitrogens with zero attached hydrogens (tertiary/aromatic N) is 3. The Hall–Kier alpha value is -1.57. The van der Waals surface area contributed by atoms with Crippen molar-refractivity contribution in [1.29, 1.82) is 0 Å². The zero-order chi connectivity index (χ0) is 13.3. The third kappa shape index (κ3) is 2.41. The van der Waals surface area contributed by atoms with Crippen LogP contribution in [0.2, 0.25) is 0 Å². The Morgan fingerprint density at radius 3 is 2.47 bits per heavy atom. The molecule has 0 aliphatic heterocycles. The predicted octanol–water partition coefficient (Wildman–Crippen LogP) is 1.41. The summed E-state index contributed by atoms with van der Waals surface area (Å²) in [5.41, 5.74) is -3.41. The quantitative estimate of drug-likeness (QED) is 0.484. The van der Waals surface area contributed by atoms with E-state index in [-0.39, 0.29) is 5.71 Å². The lowest BCUT2D eigenvalue weighted by molar-refractivity contribution is -0.267. The fourth-order valence-corrected chi connectivity index (χ4v) is 1.48. The average molecular weight is 251 g/mol. The van der Waals surface area contributed by atoms with Crippen LogP contribution >= 0.6 is 0 Å². The van der Waals surface area contributed by atoms with Crippen LogP contribution in [-0.4, -0.2) is 31.8 Å². The normalized spacial score (nSPS) is 16.9. The van der Waals surface area contributed by atoms with E-state index in [0.717, 1.165) is 10.8 Å². The van der Waals surface area contributed by atoms with Gasteiger partial charge in [0.15, 0.2) is 0 Å². The summed E-state index contributed by atoms with van der Waals surface area (Å²) in [7, 11) is 1.34. The molecule has 8 heteroatoms. The molecule has 0 saturated heterocycles. The Balaban J connectivity index is 3.26. The van der Waals surface area contributed by atoms with Crippen LogP contribution in [0, 0.1) is 0 Å². The van der Waals surface area contributed by atoms with Gasteiger partial charge in [-0.3, -0.25) is 0 Å². The van der Waals surface area contributed by atoms with Gasteiger partial charge in [0, 0.05) is 25.9 Å². The monoisotopic (exact) mass is 251 g/mol. The van der Waals surface area contributed by atoms with E-state index in [9.17, 15) is 18.3 Å². The summed E-state index contributed by atoms with van der Waals surface area (Å²) in [5, 5.41) is 20.8. The van der Waals surface area contributed by atoms with Crippen LogP contribution in [0.3, 0.4) is 0 Å². The topological polar surface area (TPSA) is 70.6 Å². The van der Waals surface area contributed by atoms with Crippen molar-refractivity contribution < 1.29 is 23.5 Å². The molecule has 1 heterocycles. The van der Waals surface area contributed by atoms with Gasteiger partial charge in [0.2, 0.25) is 5.60 Å². The highest BCUT2D eigenvalue weighted by Crippen LogP contribution is 2.40.